The summed E-state index contributed by atoms with van der Waals surface area (Å²) in [6.45, 7) is 8.06. The van der Waals surface area contributed by atoms with E-state index >= 15 is 0 Å². The number of nitrogens with zero attached hydrogens (tertiary/aromatic N) is 1. The lowest BCUT2D eigenvalue weighted by molar-refractivity contribution is 0.244. The van der Waals surface area contributed by atoms with Gasteiger partial charge in [0.15, 0.2) is 0 Å². The Kier molecular flexibility index (Phi) is 4.93. The monoisotopic (exact) mass is 256 g/mol. The molecule has 0 spiro atoms. The van der Waals surface area contributed by atoms with Crippen LogP contribution in [0.25, 0.3) is 10.9 Å². The first-order valence-corrected chi connectivity index (χ1v) is 6.60. The van der Waals surface area contributed by atoms with Gasteiger partial charge >= 0.3 is 0 Å². The van der Waals surface area contributed by atoms with E-state index in [4.69, 9.17) is 4.74 Å². The Balaban J connectivity index is 1.98. The summed E-state index contributed by atoms with van der Waals surface area (Å²) in [6, 6.07) is 10.4. The third kappa shape index (κ3) is 3.80. The molecule has 0 aliphatic rings. The number of fused-ring (bicyclic) bond motifs is 1. The van der Waals surface area contributed by atoms with Crippen molar-refractivity contribution in [3.63, 3.8) is 0 Å². The van der Waals surface area contributed by atoms with Crippen LogP contribution >= 0.6 is 0 Å². The molecule has 19 heavy (non-hydrogen) atoms. The molecule has 1 N–H and O–H groups in total. The van der Waals surface area contributed by atoms with Crippen LogP contribution in [-0.2, 0) is 11.3 Å². The standard InChI is InChI=1S/C16H20N2O/c1-3-19-10-6-9-17-12-14-11-13(2)18-16-8-5-4-7-15(14)16/h3-5,7-8,11,17H,1,6,9-10,12H2,2H3. The Hall–Kier alpha value is -1.87. The fourth-order valence-corrected chi connectivity index (χ4v) is 2.13. The van der Waals surface area contributed by atoms with Gasteiger partial charge in [-0.25, -0.2) is 0 Å². The highest BCUT2D eigenvalue weighted by atomic mass is 16.5. The number of aromatic nitrogens is 1. The van der Waals surface area contributed by atoms with Gasteiger partial charge in [0.1, 0.15) is 0 Å². The van der Waals surface area contributed by atoms with E-state index in [0.717, 1.165) is 30.7 Å². The molecule has 3 nitrogen and oxygen atoms in total. The van der Waals surface area contributed by atoms with Crippen LogP contribution in [0.4, 0.5) is 0 Å². The summed E-state index contributed by atoms with van der Waals surface area (Å²) in [5, 5.41) is 4.66. The summed E-state index contributed by atoms with van der Waals surface area (Å²) in [6.07, 6.45) is 2.47. The number of hydrogen-bond acceptors (Lipinski definition) is 3. The lowest BCUT2D eigenvalue weighted by Gasteiger charge is -2.09. The molecule has 0 saturated carbocycles. The van der Waals surface area contributed by atoms with E-state index in [2.05, 4.69) is 41.1 Å². The highest BCUT2D eigenvalue weighted by Gasteiger charge is 2.02. The van der Waals surface area contributed by atoms with E-state index in [9.17, 15) is 0 Å². The Morgan fingerprint density at radius 1 is 1.37 bits per heavy atom. The number of nitrogens with one attached hydrogen (secondary N) is 1. The van der Waals surface area contributed by atoms with E-state index in [-0.39, 0.29) is 0 Å². The molecule has 0 aliphatic carbocycles. The van der Waals surface area contributed by atoms with Gasteiger partial charge in [0.2, 0.25) is 0 Å². The summed E-state index contributed by atoms with van der Waals surface area (Å²) in [4.78, 5) is 4.55. The van der Waals surface area contributed by atoms with E-state index in [1.165, 1.54) is 17.2 Å². The van der Waals surface area contributed by atoms with Gasteiger partial charge in [-0.15, -0.1) is 0 Å². The summed E-state index contributed by atoms with van der Waals surface area (Å²) >= 11 is 0. The fourth-order valence-electron chi connectivity index (χ4n) is 2.13. The molecular weight excluding hydrogens is 236 g/mol. The molecule has 0 unspecified atom stereocenters. The van der Waals surface area contributed by atoms with Gasteiger partial charge in [-0.3, -0.25) is 4.98 Å². The summed E-state index contributed by atoms with van der Waals surface area (Å²) < 4.78 is 5.09. The molecule has 0 atom stereocenters. The van der Waals surface area contributed by atoms with Gasteiger partial charge in [-0.2, -0.15) is 0 Å². The maximum atomic E-state index is 5.09. The molecule has 1 aromatic carbocycles. The number of para-hydroxylation sites is 1. The van der Waals surface area contributed by atoms with Crippen molar-refractivity contribution in [2.75, 3.05) is 13.2 Å². The maximum absolute atomic E-state index is 5.09. The Bertz CT molecular complexity index is 551. The largest absolute Gasteiger partial charge is 0.502 e. The van der Waals surface area contributed by atoms with Crippen molar-refractivity contribution in [3.8, 4) is 0 Å². The van der Waals surface area contributed by atoms with Crippen LogP contribution < -0.4 is 5.32 Å². The first kappa shape index (κ1) is 13.6. The number of aryl methyl sites for hydroxylation is 1. The number of benzene rings is 1. The van der Waals surface area contributed by atoms with E-state index in [1.807, 2.05) is 13.0 Å². The number of rotatable bonds is 7. The van der Waals surface area contributed by atoms with E-state index < -0.39 is 0 Å². The van der Waals surface area contributed by atoms with Gasteiger partial charge in [0.05, 0.1) is 18.4 Å². The molecule has 1 heterocycles. The number of pyridine rings is 1. The second kappa shape index (κ2) is 6.90. The van der Waals surface area contributed by atoms with Crippen LogP contribution in [0, 0.1) is 6.92 Å². The maximum Gasteiger partial charge on any atom is 0.0885 e. The molecule has 1 aromatic heterocycles. The molecule has 0 bridgehead atoms. The van der Waals surface area contributed by atoms with E-state index in [1.54, 1.807) is 0 Å². The van der Waals surface area contributed by atoms with Crippen molar-refractivity contribution < 1.29 is 4.74 Å². The summed E-state index contributed by atoms with van der Waals surface area (Å²) in [5.74, 6) is 0. The second-order valence-corrected chi connectivity index (χ2v) is 4.51. The molecule has 100 valence electrons. The van der Waals surface area contributed by atoms with Crippen molar-refractivity contribution in [2.45, 2.75) is 19.9 Å². The third-order valence-electron chi connectivity index (χ3n) is 2.98. The zero-order chi connectivity index (χ0) is 13.5. The van der Waals surface area contributed by atoms with Gasteiger partial charge in [0, 0.05) is 17.6 Å². The molecule has 0 radical (unpaired) electrons. The highest BCUT2D eigenvalue weighted by Crippen LogP contribution is 2.17. The van der Waals surface area contributed by atoms with Crippen LogP contribution in [0.1, 0.15) is 17.7 Å². The SMILES string of the molecule is C=COCCCNCc1cc(C)nc2ccccc12. The molecule has 2 rings (SSSR count). The van der Waals surface area contributed by atoms with Crippen LogP contribution in [0.15, 0.2) is 43.2 Å². The minimum Gasteiger partial charge on any atom is -0.502 e. The Morgan fingerprint density at radius 3 is 3.05 bits per heavy atom. The smallest absolute Gasteiger partial charge is 0.0885 e. The average Bonchev–Trinajstić information content (AvgIpc) is 2.42. The van der Waals surface area contributed by atoms with Gasteiger partial charge in [-0.05, 0) is 37.6 Å². The molecule has 2 aromatic rings. The summed E-state index contributed by atoms with van der Waals surface area (Å²) in [7, 11) is 0. The van der Waals surface area contributed by atoms with Crippen LogP contribution in [0.3, 0.4) is 0 Å². The second-order valence-electron chi connectivity index (χ2n) is 4.51. The minimum atomic E-state index is 0.715. The predicted octanol–water partition coefficient (Wildman–Crippen LogP) is 3.18. The predicted molar refractivity (Wildman–Crippen MR) is 79.0 cm³/mol. The first-order valence-electron chi connectivity index (χ1n) is 6.60. The molecule has 0 fully saturated rings. The molecular formula is C16H20N2O. The van der Waals surface area contributed by atoms with Crippen molar-refractivity contribution in [2.24, 2.45) is 0 Å². The third-order valence-corrected chi connectivity index (χ3v) is 2.98. The molecule has 0 saturated heterocycles. The van der Waals surface area contributed by atoms with Crippen LogP contribution in [-0.4, -0.2) is 18.1 Å². The molecule has 3 heteroatoms. The summed E-state index contributed by atoms with van der Waals surface area (Å²) in [5.41, 5.74) is 3.42. The zero-order valence-electron chi connectivity index (χ0n) is 11.4. The Morgan fingerprint density at radius 2 is 2.21 bits per heavy atom. The van der Waals surface area contributed by atoms with Crippen LogP contribution in [0.2, 0.25) is 0 Å². The zero-order valence-corrected chi connectivity index (χ0v) is 11.4. The van der Waals surface area contributed by atoms with Gasteiger partial charge in [0.25, 0.3) is 0 Å². The normalized spacial score (nSPS) is 10.6. The first-order chi connectivity index (χ1) is 9.31. The lowest BCUT2D eigenvalue weighted by Crippen LogP contribution is -2.16. The van der Waals surface area contributed by atoms with Crippen molar-refractivity contribution in [1.29, 1.82) is 0 Å². The van der Waals surface area contributed by atoms with Crippen molar-refractivity contribution >= 4 is 10.9 Å². The topological polar surface area (TPSA) is 34.1 Å². The Labute approximate surface area is 114 Å². The molecule has 0 aliphatic heterocycles. The fraction of sp³-hybridized carbons (Fsp3) is 0.312. The van der Waals surface area contributed by atoms with Gasteiger partial charge in [-0.1, -0.05) is 24.8 Å². The minimum absolute atomic E-state index is 0.715. The number of hydrogen-bond donors (Lipinski definition) is 1. The average molecular weight is 256 g/mol. The highest BCUT2D eigenvalue weighted by molar-refractivity contribution is 5.82. The van der Waals surface area contributed by atoms with Gasteiger partial charge < -0.3 is 10.1 Å². The lowest BCUT2D eigenvalue weighted by atomic mass is 10.1. The van der Waals surface area contributed by atoms with Crippen molar-refractivity contribution in [1.82, 2.24) is 10.3 Å². The van der Waals surface area contributed by atoms with Crippen LogP contribution in [0.5, 0.6) is 0 Å². The number of ether oxygens (including phenoxy) is 1. The van der Waals surface area contributed by atoms with Crippen molar-refractivity contribution in [3.05, 3.63) is 54.4 Å². The quantitative estimate of drug-likeness (QED) is 0.610. The molecule has 0 amide bonds. The van der Waals surface area contributed by atoms with E-state index in [0.29, 0.717) is 6.61 Å².